The molecule has 4 heteroatoms. The van der Waals surface area contributed by atoms with Crippen LogP contribution in [0.2, 0.25) is 0 Å². The largest absolute Gasteiger partial charge is 0.491 e. The quantitative estimate of drug-likeness (QED) is 0.853. The standard InChI is InChI=1S/C14H18N2O2/c17-14-6-4-11(16-14)9-18-12-5-3-10-2-1-7-15-13(10)8-12/h3,5,8,11,15H,1-2,4,6-7,9H2,(H,16,17). The van der Waals surface area contributed by atoms with Crippen LogP contribution < -0.4 is 15.4 Å². The number of ether oxygens (including phenoxy) is 1. The van der Waals surface area contributed by atoms with Gasteiger partial charge in [0.15, 0.2) is 0 Å². The van der Waals surface area contributed by atoms with Gasteiger partial charge in [0.2, 0.25) is 5.91 Å². The van der Waals surface area contributed by atoms with Gasteiger partial charge in [-0.1, -0.05) is 6.07 Å². The number of hydrogen-bond acceptors (Lipinski definition) is 3. The van der Waals surface area contributed by atoms with Crippen LogP contribution in [0, 0.1) is 0 Å². The highest BCUT2D eigenvalue weighted by Crippen LogP contribution is 2.26. The molecule has 1 unspecified atom stereocenters. The summed E-state index contributed by atoms with van der Waals surface area (Å²) >= 11 is 0. The molecule has 1 aromatic rings. The summed E-state index contributed by atoms with van der Waals surface area (Å²) in [6.07, 6.45) is 3.84. The van der Waals surface area contributed by atoms with Crippen LogP contribution in [0.25, 0.3) is 0 Å². The SMILES string of the molecule is O=C1CCC(COc2ccc3c(c2)NCCC3)N1. The van der Waals surface area contributed by atoms with E-state index in [-0.39, 0.29) is 11.9 Å². The van der Waals surface area contributed by atoms with Crippen molar-refractivity contribution in [2.75, 3.05) is 18.5 Å². The van der Waals surface area contributed by atoms with Gasteiger partial charge in [0.1, 0.15) is 12.4 Å². The Morgan fingerprint density at radius 3 is 3.11 bits per heavy atom. The zero-order chi connectivity index (χ0) is 12.4. The smallest absolute Gasteiger partial charge is 0.220 e. The lowest BCUT2D eigenvalue weighted by Crippen LogP contribution is -2.30. The van der Waals surface area contributed by atoms with Crippen LogP contribution in [0.4, 0.5) is 5.69 Å². The van der Waals surface area contributed by atoms with E-state index in [0.717, 1.165) is 25.1 Å². The van der Waals surface area contributed by atoms with Crippen molar-refractivity contribution in [2.24, 2.45) is 0 Å². The highest BCUT2D eigenvalue weighted by Gasteiger charge is 2.21. The Hall–Kier alpha value is -1.71. The fraction of sp³-hybridized carbons (Fsp3) is 0.500. The summed E-state index contributed by atoms with van der Waals surface area (Å²) in [6.45, 7) is 1.60. The molecule has 2 aliphatic rings. The molecule has 96 valence electrons. The molecule has 1 atom stereocenters. The van der Waals surface area contributed by atoms with Gasteiger partial charge in [-0.15, -0.1) is 0 Å². The molecular weight excluding hydrogens is 228 g/mol. The topological polar surface area (TPSA) is 50.4 Å². The maximum absolute atomic E-state index is 11.1. The molecule has 4 nitrogen and oxygen atoms in total. The Kier molecular flexibility index (Phi) is 3.09. The van der Waals surface area contributed by atoms with Crippen molar-refractivity contribution in [3.05, 3.63) is 23.8 Å². The van der Waals surface area contributed by atoms with Gasteiger partial charge in [-0.2, -0.15) is 0 Å². The van der Waals surface area contributed by atoms with Crippen LogP contribution in [0.15, 0.2) is 18.2 Å². The van der Waals surface area contributed by atoms with E-state index in [1.807, 2.05) is 6.07 Å². The second-order valence-electron chi connectivity index (χ2n) is 4.96. The predicted molar refractivity (Wildman–Crippen MR) is 69.9 cm³/mol. The Morgan fingerprint density at radius 1 is 1.33 bits per heavy atom. The van der Waals surface area contributed by atoms with Gasteiger partial charge >= 0.3 is 0 Å². The number of aryl methyl sites for hydroxylation is 1. The zero-order valence-corrected chi connectivity index (χ0v) is 10.4. The van der Waals surface area contributed by atoms with Crippen molar-refractivity contribution in [1.29, 1.82) is 0 Å². The molecule has 0 bridgehead atoms. The zero-order valence-electron chi connectivity index (χ0n) is 10.4. The van der Waals surface area contributed by atoms with E-state index in [1.54, 1.807) is 0 Å². The second-order valence-corrected chi connectivity index (χ2v) is 4.96. The van der Waals surface area contributed by atoms with E-state index in [4.69, 9.17) is 4.74 Å². The van der Waals surface area contributed by atoms with Crippen LogP contribution in [0.3, 0.4) is 0 Å². The molecular formula is C14H18N2O2. The van der Waals surface area contributed by atoms with Gasteiger partial charge in [0, 0.05) is 24.7 Å². The first kappa shape index (κ1) is 11.4. The maximum atomic E-state index is 11.1. The number of carbonyl (C=O) groups is 1. The first-order chi connectivity index (χ1) is 8.81. The van der Waals surface area contributed by atoms with Crippen molar-refractivity contribution in [3.8, 4) is 5.75 Å². The highest BCUT2D eigenvalue weighted by molar-refractivity contribution is 5.78. The van der Waals surface area contributed by atoms with E-state index >= 15 is 0 Å². The predicted octanol–water partition coefficient (Wildman–Crippen LogP) is 1.70. The molecule has 0 aliphatic carbocycles. The Labute approximate surface area is 107 Å². The first-order valence-corrected chi connectivity index (χ1v) is 6.60. The third-order valence-electron chi connectivity index (χ3n) is 3.56. The summed E-state index contributed by atoms with van der Waals surface area (Å²) in [5.74, 6) is 1.01. The monoisotopic (exact) mass is 246 g/mol. The molecule has 0 spiro atoms. The van der Waals surface area contributed by atoms with Crippen molar-refractivity contribution in [2.45, 2.75) is 31.7 Å². The van der Waals surface area contributed by atoms with Crippen LogP contribution in [-0.4, -0.2) is 25.1 Å². The lowest BCUT2D eigenvalue weighted by Gasteiger charge is -2.19. The normalized spacial score (nSPS) is 22.0. The fourth-order valence-corrected chi connectivity index (χ4v) is 2.53. The molecule has 1 aromatic carbocycles. The fourth-order valence-electron chi connectivity index (χ4n) is 2.53. The summed E-state index contributed by atoms with van der Waals surface area (Å²) in [7, 11) is 0. The summed E-state index contributed by atoms with van der Waals surface area (Å²) in [5, 5.41) is 6.30. The second kappa shape index (κ2) is 4.88. The number of benzene rings is 1. The minimum Gasteiger partial charge on any atom is -0.491 e. The number of rotatable bonds is 3. The molecule has 1 amide bonds. The molecule has 0 aromatic heterocycles. The molecule has 2 aliphatic heterocycles. The summed E-state index contributed by atoms with van der Waals surface area (Å²) in [6, 6.07) is 6.37. The van der Waals surface area contributed by atoms with E-state index < -0.39 is 0 Å². The minimum atomic E-state index is 0.135. The van der Waals surface area contributed by atoms with Gasteiger partial charge in [-0.3, -0.25) is 4.79 Å². The Bertz CT molecular complexity index is 459. The third kappa shape index (κ3) is 2.42. The molecule has 0 radical (unpaired) electrons. The molecule has 1 saturated heterocycles. The number of fused-ring (bicyclic) bond motifs is 1. The lowest BCUT2D eigenvalue weighted by atomic mass is 10.0. The molecule has 18 heavy (non-hydrogen) atoms. The molecule has 0 saturated carbocycles. The number of amides is 1. The van der Waals surface area contributed by atoms with E-state index in [2.05, 4.69) is 22.8 Å². The average molecular weight is 246 g/mol. The number of anilines is 1. The van der Waals surface area contributed by atoms with Crippen molar-refractivity contribution in [1.82, 2.24) is 5.32 Å². The highest BCUT2D eigenvalue weighted by atomic mass is 16.5. The van der Waals surface area contributed by atoms with Gasteiger partial charge in [0.25, 0.3) is 0 Å². The summed E-state index contributed by atoms with van der Waals surface area (Å²) in [5.41, 5.74) is 2.55. The minimum absolute atomic E-state index is 0.135. The van der Waals surface area contributed by atoms with Crippen molar-refractivity contribution in [3.63, 3.8) is 0 Å². The average Bonchev–Trinajstić information content (AvgIpc) is 2.82. The summed E-state index contributed by atoms with van der Waals surface area (Å²) < 4.78 is 5.75. The van der Waals surface area contributed by atoms with Gasteiger partial charge in [-0.25, -0.2) is 0 Å². The van der Waals surface area contributed by atoms with Gasteiger partial charge in [-0.05, 0) is 30.9 Å². The lowest BCUT2D eigenvalue weighted by molar-refractivity contribution is -0.119. The van der Waals surface area contributed by atoms with Crippen molar-refractivity contribution >= 4 is 11.6 Å². The van der Waals surface area contributed by atoms with Crippen LogP contribution >= 0.6 is 0 Å². The Morgan fingerprint density at radius 2 is 2.28 bits per heavy atom. The number of nitrogens with one attached hydrogen (secondary N) is 2. The molecule has 2 N–H and O–H groups in total. The van der Waals surface area contributed by atoms with Gasteiger partial charge in [0.05, 0.1) is 6.04 Å². The van der Waals surface area contributed by atoms with E-state index in [9.17, 15) is 4.79 Å². The molecule has 3 rings (SSSR count). The molecule has 1 fully saturated rings. The van der Waals surface area contributed by atoms with Crippen LogP contribution in [0.1, 0.15) is 24.8 Å². The van der Waals surface area contributed by atoms with E-state index in [1.165, 1.54) is 17.7 Å². The van der Waals surface area contributed by atoms with Crippen LogP contribution in [0.5, 0.6) is 5.75 Å². The van der Waals surface area contributed by atoms with E-state index in [0.29, 0.717) is 13.0 Å². The maximum Gasteiger partial charge on any atom is 0.220 e. The molecule has 2 heterocycles. The first-order valence-electron chi connectivity index (χ1n) is 6.60. The number of carbonyl (C=O) groups excluding carboxylic acids is 1. The van der Waals surface area contributed by atoms with Crippen molar-refractivity contribution < 1.29 is 9.53 Å². The summed E-state index contributed by atoms with van der Waals surface area (Å²) in [4.78, 5) is 11.1. The Balaban J connectivity index is 1.61. The van der Waals surface area contributed by atoms with Gasteiger partial charge < -0.3 is 15.4 Å². The van der Waals surface area contributed by atoms with Crippen LogP contribution in [-0.2, 0) is 11.2 Å². The number of hydrogen-bond donors (Lipinski definition) is 2. The third-order valence-corrected chi connectivity index (χ3v) is 3.56.